The van der Waals surface area contributed by atoms with E-state index < -0.39 is 71.3 Å². The number of rotatable bonds is 6. The average molecular weight is 559 g/mol. The van der Waals surface area contributed by atoms with Gasteiger partial charge in [-0.3, -0.25) is 10.2 Å². The van der Waals surface area contributed by atoms with Crippen LogP contribution in [-0.4, -0.2) is 52.6 Å². The number of aromatic nitrogens is 1. The van der Waals surface area contributed by atoms with Crippen molar-refractivity contribution in [3.05, 3.63) is 46.4 Å². The van der Waals surface area contributed by atoms with Crippen LogP contribution in [0.25, 0.3) is 11.3 Å². The Kier molecular flexibility index (Phi) is 8.27. The van der Waals surface area contributed by atoms with E-state index in [0.29, 0.717) is 13.0 Å². The van der Waals surface area contributed by atoms with Crippen LogP contribution in [0.2, 0.25) is 5.02 Å². The van der Waals surface area contributed by atoms with Gasteiger partial charge < -0.3 is 15.2 Å². The maximum absolute atomic E-state index is 15.1. The molecule has 1 aliphatic rings. The zero-order valence-electron chi connectivity index (χ0n) is 19.4. The van der Waals surface area contributed by atoms with Crippen molar-refractivity contribution in [3.63, 3.8) is 0 Å². The van der Waals surface area contributed by atoms with E-state index in [1.165, 1.54) is 26.0 Å². The molecule has 3 rings (SSSR count). The van der Waals surface area contributed by atoms with Gasteiger partial charge in [0.15, 0.2) is 6.10 Å². The Balaban J connectivity index is 2.07. The molecule has 1 aliphatic heterocycles. The van der Waals surface area contributed by atoms with Crippen LogP contribution in [0.15, 0.2) is 24.3 Å². The minimum absolute atomic E-state index is 0.0417. The van der Waals surface area contributed by atoms with E-state index in [2.05, 4.69) is 15.7 Å². The van der Waals surface area contributed by atoms with Gasteiger partial charge in [0, 0.05) is 11.6 Å². The number of alkyl halides is 6. The van der Waals surface area contributed by atoms with E-state index >= 15 is 4.39 Å². The van der Waals surface area contributed by atoms with E-state index in [1.54, 1.807) is 0 Å². The molecule has 4 N–H and O–H groups in total. The van der Waals surface area contributed by atoms with E-state index in [4.69, 9.17) is 16.3 Å². The van der Waals surface area contributed by atoms with E-state index in [0.717, 1.165) is 6.07 Å². The topological polar surface area (TPSA) is 95.5 Å². The fourth-order valence-corrected chi connectivity index (χ4v) is 3.86. The van der Waals surface area contributed by atoms with Crippen LogP contribution in [0.3, 0.4) is 0 Å². The van der Waals surface area contributed by atoms with Gasteiger partial charge in [0.1, 0.15) is 17.6 Å². The summed E-state index contributed by atoms with van der Waals surface area (Å²) in [5.41, 5.74) is 2.98. The van der Waals surface area contributed by atoms with E-state index in [1.807, 2.05) is 5.43 Å². The maximum atomic E-state index is 15.1. The van der Waals surface area contributed by atoms with Crippen molar-refractivity contribution in [1.29, 1.82) is 0 Å². The summed E-state index contributed by atoms with van der Waals surface area (Å²) in [4.78, 5) is 17.0. The van der Waals surface area contributed by atoms with Gasteiger partial charge in [0.25, 0.3) is 5.91 Å². The minimum atomic E-state index is -4.88. The third-order valence-corrected chi connectivity index (χ3v) is 5.96. The summed E-state index contributed by atoms with van der Waals surface area (Å²) in [6.07, 6.45) is -13.3. The lowest BCUT2D eigenvalue weighted by atomic mass is 10.0. The number of pyridine rings is 1. The minimum Gasteiger partial charge on any atom is -0.480 e. The van der Waals surface area contributed by atoms with Gasteiger partial charge in [-0.1, -0.05) is 11.6 Å². The van der Waals surface area contributed by atoms with Crippen LogP contribution in [0.4, 0.5) is 30.7 Å². The predicted molar refractivity (Wildman–Crippen MR) is 118 cm³/mol. The van der Waals surface area contributed by atoms with Gasteiger partial charge in [-0.05, 0) is 45.0 Å². The summed E-state index contributed by atoms with van der Waals surface area (Å²) in [5, 5.41) is 12.0. The van der Waals surface area contributed by atoms with Crippen molar-refractivity contribution in [2.75, 3.05) is 0 Å². The Morgan fingerprint density at radius 1 is 1.16 bits per heavy atom. The Hall–Kier alpha value is -2.68. The van der Waals surface area contributed by atoms with Gasteiger partial charge in [-0.2, -0.15) is 26.3 Å². The molecule has 1 amide bonds. The predicted octanol–water partition coefficient (Wildman–Crippen LogP) is 4.45. The zero-order valence-corrected chi connectivity index (χ0v) is 20.2. The van der Waals surface area contributed by atoms with Crippen LogP contribution in [0.5, 0.6) is 5.75 Å². The monoisotopic (exact) mass is 558 g/mol. The summed E-state index contributed by atoms with van der Waals surface area (Å²) < 4.78 is 99.8. The number of hydrogen-bond donors (Lipinski definition) is 4. The summed E-state index contributed by atoms with van der Waals surface area (Å²) in [5.74, 6) is -3.17. The van der Waals surface area contributed by atoms with Gasteiger partial charge in [0.05, 0.1) is 34.1 Å². The highest BCUT2D eigenvalue weighted by Gasteiger charge is 2.51. The lowest BCUT2D eigenvalue weighted by molar-refractivity contribution is -0.189. The summed E-state index contributed by atoms with van der Waals surface area (Å²) >= 11 is 5.96. The first-order chi connectivity index (χ1) is 17.0. The number of nitrogens with one attached hydrogen (secondary N) is 3. The van der Waals surface area contributed by atoms with Gasteiger partial charge >= 0.3 is 12.4 Å². The highest BCUT2D eigenvalue weighted by molar-refractivity contribution is 6.31. The Bertz CT molecular complexity index is 1160. The molecule has 2 heterocycles. The van der Waals surface area contributed by atoms with Gasteiger partial charge in [0.2, 0.25) is 0 Å². The van der Waals surface area contributed by atoms with Crippen LogP contribution in [0.1, 0.15) is 42.9 Å². The molecular weight excluding hydrogens is 537 g/mol. The molecule has 1 aromatic heterocycles. The lowest BCUT2D eigenvalue weighted by Crippen LogP contribution is -2.53. The normalized spacial score (nSPS) is 22.0. The number of amides is 1. The van der Waals surface area contributed by atoms with Crippen molar-refractivity contribution >= 4 is 17.5 Å². The van der Waals surface area contributed by atoms with Crippen molar-refractivity contribution in [2.45, 2.75) is 63.5 Å². The number of carbonyl (C=O) groups excluding carboxylic acids is 1. The fourth-order valence-electron chi connectivity index (χ4n) is 3.60. The highest BCUT2D eigenvalue weighted by Crippen LogP contribution is 2.35. The molecule has 0 aliphatic carbocycles. The number of hydrazine groups is 1. The molecule has 0 spiro atoms. The number of hydrogen-bond acceptors (Lipinski definition) is 6. The van der Waals surface area contributed by atoms with Crippen LogP contribution >= 0.6 is 11.6 Å². The Labute approximate surface area is 211 Å². The largest absolute Gasteiger partial charge is 0.480 e. The highest BCUT2D eigenvalue weighted by atomic mass is 35.5. The zero-order chi connectivity index (χ0) is 27.9. The SMILES string of the molecule is CC(O)c1nc(-c2cc(OC(C)C(F)(F)F)c(C(=O)NC3C(C)NNC3C(F)(F)F)cc2F)ccc1Cl. The Morgan fingerprint density at radius 3 is 2.38 bits per heavy atom. The second-order valence-electron chi connectivity index (χ2n) is 8.47. The second-order valence-corrected chi connectivity index (χ2v) is 8.87. The van der Waals surface area contributed by atoms with Crippen LogP contribution in [0, 0.1) is 5.82 Å². The second kappa shape index (κ2) is 10.6. The van der Waals surface area contributed by atoms with E-state index in [-0.39, 0.29) is 16.4 Å². The number of carbonyl (C=O) groups is 1. The number of aliphatic hydroxyl groups is 1. The molecule has 1 aromatic carbocycles. The molecule has 2 aromatic rings. The molecule has 5 unspecified atom stereocenters. The lowest BCUT2D eigenvalue weighted by Gasteiger charge is -2.25. The van der Waals surface area contributed by atoms with E-state index in [9.17, 15) is 36.2 Å². The molecular formula is C22H22ClF7N4O3. The molecule has 1 saturated heterocycles. The molecule has 37 heavy (non-hydrogen) atoms. The number of halogens is 8. The fraction of sp³-hybridized carbons (Fsp3) is 0.455. The summed E-state index contributed by atoms with van der Waals surface area (Å²) in [6.45, 7) is 3.31. The van der Waals surface area contributed by atoms with Crippen LogP contribution in [-0.2, 0) is 0 Å². The molecule has 5 atom stereocenters. The molecule has 0 bridgehead atoms. The molecule has 0 radical (unpaired) electrons. The number of aliphatic hydroxyl groups excluding tert-OH is 1. The number of benzene rings is 1. The molecule has 1 fully saturated rings. The summed E-state index contributed by atoms with van der Waals surface area (Å²) in [6, 6.07) is -0.885. The van der Waals surface area contributed by atoms with Crippen LogP contribution < -0.4 is 20.9 Å². The van der Waals surface area contributed by atoms with Crippen molar-refractivity contribution < 1.29 is 45.4 Å². The number of ether oxygens (including phenoxy) is 1. The smallest absolute Gasteiger partial charge is 0.425 e. The first-order valence-corrected chi connectivity index (χ1v) is 11.2. The van der Waals surface area contributed by atoms with Gasteiger partial charge in [-0.25, -0.2) is 14.8 Å². The standard InChI is InChI=1S/C22H22ClF7N4O3/c1-8-17(19(34-33-8)22(28,29)30)32-20(36)12-6-14(24)11(7-16(12)37-10(3)21(25,26)27)15-5-4-13(23)18(31-15)9(2)35/h4-10,17,19,33-35H,1-3H3,(H,32,36). The van der Waals surface area contributed by atoms with Gasteiger partial charge in [-0.15, -0.1) is 0 Å². The summed E-state index contributed by atoms with van der Waals surface area (Å²) in [7, 11) is 0. The Morgan fingerprint density at radius 2 is 1.81 bits per heavy atom. The molecule has 7 nitrogen and oxygen atoms in total. The molecule has 204 valence electrons. The third-order valence-electron chi connectivity index (χ3n) is 5.64. The van der Waals surface area contributed by atoms with Crippen molar-refractivity contribution in [2.24, 2.45) is 0 Å². The maximum Gasteiger partial charge on any atom is 0.425 e. The third kappa shape index (κ3) is 6.43. The first kappa shape index (κ1) is 28.9. The number of nitrogens with zero attached hydrogens (tertiary/aromatic N) is 1. The van der Waals surface area contributed by atoms with Crippen molar-refractivity contribution in [3.8, 4) is 17.0 Å². The molecule has 0 saturated carbocycles. The average Bonchev–Trinajstić information content (AvgIpc) is 3.14. The first-order valence-electron chi connectivity index (χ1n) is 10.8. The molecule has 15 heteroatoms. The quantitative estimate of drug-likeness (QED) is 0.392. The van der Waals surface area contributed by atoms with Crippen molar-refractivity contribution in [1.82, 2.24) is 21.2 Å².